The van der Waals surface area contributed by atoms with E-state index in [1.165, 1.54) is 19.4 Å². The van der Waals surface area contributed by atoms with Crippen molar-refractivity contribution in [1.29, 1.82) is 0 Å². The minimum atomic E-state index is -0.0183. The number of rotatable bonds is 3. The van der Waals surface area contributed by atoms with E-state index in [2.05, 4.69) is 15.2 Å². The van der Waals surface area contributed by atoms with E-state index in [1.807, 2.05) is 13.0 Å². The number of nitrogens with one attached hydrogen (secondary N) is 1. The number of aromatic nitrogens is 1. The molecule has 0 radical (unpaired) electrons. The molecule has 0 aliphatic carbocycles. The number of nitrogens with zero attached hydrogens (tertiary/aromatic N) is 2. The number of hydrogen-bond acceptors (Lipinski definition) is 4. The molecule has 5 heteroatoms. The highest BCUT2D eigenvalue weighted by atomic mass is 16.1. The predicted octanol–water partition coefficient (Wildman–Crippen LogP) is 1.58. The van der Waals surface area contributed by atoms with Gasteiger partial charge in [-0.25, -0.2) is 4.98 Å². The van der Waals surface area contributed by atoms with E-state index in [1.54, 1.807) is 6.07 Å². The van der Waals surface area contributed by atoms with Gasteiger partial charge in [0.2, 0.25) is 0 Å². The molecule has 3 rings (SSSR count). The Hall–Kier alpha value is -1.62. The van der Waals surface area contributed by atoms with Gasteiger partial charge in [-0.05, 0) is 50.8 Å². The maximum Gasteiger partial charge on any atom is 0.251 e. The third-order valence-corrected chi connectivity index (χ3v) is 4.68. The SMILES string of the molecule is CCc1cc(C(=O)NC2CCN3CCCC3C2)cc(N)n1. The lowest BCUT2D eigenvalue weighted by atomic mass is 9.97. The van der Waals surface area contributed by atoms with Crippen molar-refractivity contribution in [2.75, 3.05) is 18.8 Å². The van der Waals surface area contributed by atoms with Gasteiger partial charge in [0.25, 0.3) is 5.91 Å². The van der Waals surface area contributed by atoms with Crippen molar-refractivity contribution in [2.24, 2.45) is 0 Å². The summed E-state index contributed by atoms with van der Waals surface area (Å²) in [4.78, 5) is 19.2. The summed E-state index contributed by atoms with van der Waals surface area (Å²) in [6.07, 6.45) is 5.48. The Morgan fingerprint density at radius 3 is 3.10 bits per heavy atom. The van der Waals surface area contributed by atoms with Crippen molar-refractivity contribution in [3.05, 3.63) is 23.4 Å². The molecular formula is C16H24N4O. The molecule has 1 aromatic rings. The van der Waals surface area contributed by atoms with Crippen LogP contribution in [0.1, 0.15) is 48.7 Å². The fourth-order valence-electron chi connectivity index (χ4n) is 3.55. The molecule has 21 heavy (non-hydrogen) atoms. The summed E-state index contributed by atoms with van der Waals surface area (Å²) in [6.45, 7) is 4.35. The molecule has 2 fully saturated rings. The topological polar surface area (TPSA) is 71.2 Å². The van der Waals surface area contributed by atoms with Crippen LogP contribution in [0.25, 0.3) is 0 Å². The first-order valence-corrected chi connectivity index (χ1v) is 7.97. The van der Waals surface area contributed by atoms with Crippen molar-refractivity contribution in [1.82, 2.24) is 15.2 Å². The largest absolute Gasteiger partial charge is 0.384 e. The van der Waals surface area contributed by atoms with E-state index < -0.39 is 0 Å². The van der Waals surface area contributed by atoms with E-state index in [4.69, 9.17) is 5.73 Å². The number of pyridine rings is 1. The van der Waals surface area contributed by atoms with Gasteiger partial charge in [0.15, 0.2) is 0 Å². The van der Waals surface area contributed by atoms with Crippen LogP contribution in [-0.2, 0) is 6.42 Å². The van der Waals surface area contributed by atoms with Gasteiger partial charge in [0.1, 0.15) is 5.82 Å². The van der Waals surface area contributed by atoms with Crippen molar-refractivity contribution in [3.8, 4) is 0 Å². The number of fused-ring (bicyclic) bond motifs is 1. The lowest BCUT2D eigenvalue weighted by Gasteiger charge is -2.35. The van der Waals surface area contributed by atoms with E-state index in [0.29, 0.717) is 17.4 Å². The number of carbonyl (C=O) groups is 1. The van der Waals surface area contributed by atoms with Crippen molar-refractivity contribution >= 4 is 11.7 Å². The molecule has 0 spiro atoms. The molecule has 3 heterocycles. The molecule has 2 aliphatic heterocycles. The molecule has 2 saturated heterocycles. The zero-order valence-electron chi connectivity index (χ0n) is 12.6. The van der Waals surface area contributed by atoms with Gasteiger partial charge in [-0.15, -0.1) is 0 Å². The summed E-state index contributed by atoms with van der Waals surface area (Å²) >= 11 is 0. The Bertz CT molecular complexity index is 531. The number of piperidine rings is 1. The van der Waals surface area contributed by atoms with Crippen molar-refractivity contribution in [3.63, 3.8) is 0 Å². The van der Waals surface area contributed by atoms with E-state index in [0.717, 1.165) is 31.5 Å². The fraction of sp³-hybridized carbons (Fsp3) is 0.625. The monoisotopic (exact) mass is 288 g/mol. The highest BCUT2D eigenvalue weighted by Crippen LogP contribution is 2.27. The molecule has 0 saturated carbocycles. The van der Waals surface area contributed by atoms with Gasteiger partial charge in [-0.3, -0.25) is 4.79 Å². The van der Waals surface area contributed by atoms with Crippen LogP contribution < -0.4 is 11.1 Å². The highest BCUT2D eigenvalue weighted by molar-refractivity contribution is 5.95. The molecular weight excluding hydrogens is 264 g/mol. The number of hydrogen-bond donors (Lipinski definition) is 2. The molecule has 1 amide bonds. The summed E-state index contributed by atoms with van der Waals surface area (Å²) in [6, 6.07) is 4.46. The number of amides is 1. The number of nitrogen functional groups attached to an aromatic ring is 1. The Morgan fingerprint density at radius 1 is 1.43 bits per heavy atom. The summed E-state index contributed by atoms with van der Waals surface area (Å²) in [5.41, 5.74) is 7.28. The van der Waals surface area contributed by atoms with E-state index >= 15 is 0 Å². The van der Waals surface area contributed by atoms with Crippen LogP contribution in [0.5, 0.6) is 0 Å². The van der Waals surface area contributed by atoms with Crippen molar-refractivity contribution in [2.45, 2.75) is 51.1 Å². The number of carbonyl (C=O) groups excluding carboxylic acids is 1. The quantitative estimate of drug-likeness (QED) is 0.886. The van der Waals surface area contributed by atoms with E-state index in [-0.39, 0.29) is 11.9 Å². The summed E-state index contributed by atoms with van der Waals surface area (Å²) in [5.74, 6) is 0.403. The molecule has 0 aromatic carbocycles. The molecule has 2 aliphatic rings. The smallest absolute Gasteiger partial charge is 0.251 e. The predicted molar refractivity (Wildman–Crippen MR) is 83.1 cm³/mol. The molecule has 3 N–H and O–H groups in total. The average Bonchev–Trinajstić information content (AvgIpc) is 2.94. The summed E-state index contributed by atoms with van der Waals surface area (Å²) in [7, 11) is 0. The second-order valence-electron chi connectivity index (χ2n) is 6.15. The van der Waals surface area contributed by atoms with Gasteiger partial charge in [0, 0.05) is 29.9 Å². The molecule has 2 atom stereocenters. The first-order chi connectivity index (χ1) is 10.2. The second kappa shape index (κ2) is 6.02. The molecule has 1 aromatic heterocycles. The Kier molecular flexibility index (Phi) is 4.10. The van der Waals surface area contributed by atoms with Crippen LogP contribution in [0.15, 0.2) is 12.1 Å². The van der Waals surface area contributed by atoms with Crippen LogP contribution in [0.2, 0.25) is 0 Å². The van der Waals surface area contributed by atoms with Gasteiger partial charge < -0.3 is 16.0 Å². The molecule has 2 unspecified atom stereocenters. The van der Waals surface area contributed by atoms with Gasteiger partial charge >= 0.3 is 0 Å². The standard InChI is InChI=1S/C16H24N4O/c1-2-12-8-11(9-15(17)18-12)16(21)19-13-5-7-20-6-3-4-14(20)10-13/h8-9,13-14H,2-7,10H2,1H3,(H2,17,18)(H,19,21). The van der Waals surface area contributed by atoms with Gasteiger partial charge in [0.05, 0.1) is 0 Å². The van der Waals surface area contributed by atoms with Crippen LogP contribution in [0.3, 0.4) is 0 Å². The van der Waals surface area contributed by atoms with Crippen molar-refractivity contribution < 1.29 is 4.79 Å². The number of nitrogens with two attached hydrogens (primary N) is 1. The first kappa shape index (κ1) is 14.3. The number of aryl methyl sites for hydroxylation is 1. The van der Waals surface area contributed by atoms with Crippen LogP contribution in [-0.4, -0.2) is 41.0 Å². The first-order valence-electron chi connectivity index (χ1n) is 7.97. The lowest BCUT2D eigenvalue weighted by Crippen LogP contribution is -2.47. The van der Waals surface area contributed by atoms with E-state index in [9.17, 15) is 4.79 Å². The summed E-state index contributed by atoms with van der Waals surface area (Å²) in [5, 5.41) is 3.18. The Morgan fingerprint density at radius 2 is 2.29 bits per heavy atom. The maximum absolute atomic E-state index is 12.4. The minimum Gasteiger partial charge on any atom is -0.384 e. The molecule has 114 valence electrons. The third-order valence-electron chi connectivity index (χ3n) is 4.68. The molecule has 5 nitrogen and oxygen atoms in total. The fourth-order valence-corrected chi connectivity index (χ4v) is 3.55. The third kappa shape index (κ3) is 3.18. The van der Waals surface area contributed by atoms with Gasteiger partial charge in [-0.2, -0.15) is 0 Å². The van der Waals surface area contributed by atoms with Gasteiger partial charge in [-0.1, -0.05) is 6.92 Å². The zero-order valence-corrected chi connectivity index (χ0v) is 12.6. The summed E-state index contributed by atoms with van der Waals surface area (Å²) < 4.78 is 0. The van der Waals surface area contributed by atoms with Crippen LogP contribution in [0, 0.1) is 0 Å². The highest BCUT2D eigenvalue weighted by Gasteiger charge is 2.32. The maximum atomic E-state index is 12.4. The van der Waals surface area contributed by atoms with Crippen LogP contribution in [0.4, 0.5) is 5.82 Å². The minimum absolute atomic E-state index is 0.0183. The Balaban J connectivity index is 1.65. The molecule has 0 bridgehead atoms. The lowest BCUT2D eigenvalue weighted by molar-refractivity contribution is 0.0896. The average molecular weight is 288 g/mol. The number of anilines is 1. The zero-order chi connectivity index (χ0) is 14.8. The van der Waals surface area contributed by atoms with Crippen LogP contribution >= 0.6 is 0 Å². The Labute approximate surface area is 125 Å². The second-order valence-corrected chi connectivity index (χ2v) is 6.15. The normalized spacial score (nSPS) is 25.6.